The van der Waals surface area contributed by atoms with Crippen molar-refractivity contribution in [3.05, 3.63) is 71.8 Å². The number of hydrogen-bond donors (Lipinski definition) is 0. The second-order valence-corrected chi connectivity index (χ2v) is 5.53. The van der Waals surface area contributed by atoms with Gasteiger partial charge in [0.15, 0.2) is 0 Å². The summed E-state index contributed by atoms with van der Waals surface area (Å²) >= 11 is 0. The third-order valence-corrected chi connectivity index (χ3v) is 3.97. The van der Waals surface area contributed by atoms with Crippen molar-refractivity contribution in [2.75, 3.05) is 0 Å². The summed E-state index contributed by atoms with van der Waals surface area (Å²) < 4.78 is 0. The van der Waals surface area contributed by atoms with E-state index >= 15 is 0 Å². The highest BCUT2D eigenvalue weighted by atomic mass is 16.1. The largest absolute Gasteiger partial charge is 0.298 e. The topological polar surface area (TPSA) is 59.9 Å². The number of benzene rings is 2. The van der Waals surface area contributed by atoms with Crippen molar-refractivity contribution in [3.63, 3.8) is 0 Å². The molecule has 0 aliphatic heterocycles. The Morgan fingerprint density at radius 3 is 1.42 bits per heavy atom. The first-order valence-corrected chi connectivity index (χ1v) is 7.49. The third kappa shape index (κ3) is 2.44. The van der Waals surface area contributed by atoms with E-state index in [4.69, 9.17) is 0 Å². The van der Waals surface area contributed by atoms with Crippen molar-refractivity contribution in [1.29, 1.82) is 0 Å². The minimum Gasteiger partial charge on any atom is -0.298 e. The molecule has 4 nitrogen and oxygen atoms in total. The molecule has 0 unspecified atom stereocenters. The molecule has 4 aromatic rings. The van der Waals surface area contributed by atoms with Gasteiger partial charge in [-0.2, -0.15) is 0 Å². The van der Waals surface area contributed by atoms with Gasteiger partial charge in [0.05, 0.1) is 22.4 Å². The zero-order valence-electron chi connectivity index (χ0n) is 12.6. The van der Waals surface area contributed by atoms with Gasteiger partial charge in [-0.1, -0.05) is 36.4 Å². The van der Waals surface area contributed by atoms with Gasteiger partial charge in [-0.25, -0.2) is 9.97 Å². The Kier molecular flexibility index (Phi) is 3.35. The number of rotatable bonds is 3. The molecular weight excluding hydrogens is 300 g/mol. The maximum atomic E-state index is 10.9. The molecule has 4 rings (SSSR count). The van der Waals surface area contributed by atoms with Crippen LogP contribution in [0.2, 0.25) is 0 Å². The molecule has 0 spiro atoms. The number of fused-ring (bicyclic) bond motifs is 2. The van der Waals surface area contributed by atoms with E-state index in [2.05, 4.69) is 9.97 Å². The Labute approximate surface area is 137 Å². The molecule has 0 aliphatic rings. The smallest absolute Gasteiger partial charge is 0.150 e. The normalized spacial score (nSPS) is 10.8. The molecule has 2 heterocycles. The number of pyridine rings is 2. The minimum atomic E-state index is 0.592. The van der Waals surface area contributed by atoms with E-state index in [9.17, 15) is 9.59 Å². The molecule has 0 radical (unpaired) electrons. The van der Waals surface area contributed by atoms with Crippen molar-refractivity contribution in [3.8, 4) is 11.4 Å². The van der Waals surface area contributed by atoms with Gasteiger partial charge in [0.25, 0.3) is 0 Å². The van der Waals surface area contributed by atoms with Gasteiger partial charge in [-0.15, -0.1) is 0 Å². The summed E-state index contributed by atoms with van der Waals surface area (Å²) in [6.45, 7) is 0. The standard InChI is InChI=1S/C20H12N2O2/c23-11-13-1-3-15-5-7-17(21-19(15)9-13)18-8-6-16-4-2-14(12-24)10-20(16)22-18/h1-12H. The molecule has 2 aromatic heterocycles. The van der Waals surface area contributed by atoms with E-state index in [-0.39, 0.29) is 0 Å². The Morgan fingerprint density at radius 2 is 1.00 bits per heavy atom. The quantitative estimate of drug-likeness (QED) is 0.535. The Hall–Kier alpha value is -3.40. The lowest BCUT2D eigenvalue weighted by Gasteiger charge is -2.05. The first kappa shape index (κ1) is 14.2. The second-order valence-electron chi connectivity index (χ2n) is 5.53. The summed E-state index contributed by atoms with van der Waals surface area (Å²) in [7, 11) is 0. The van der Waals surface area contributed by atoms with Gasteiger partial charge in [0, 0.05) is 21.9 Å². The van der Waals surface area contributed by atoms with Gasteiger partial charge in [-0.3, -0.25) is 9.59 Å². The number of carbonyl (C=O) groups excluding carboxylic acids is 2. The SMILES string of the molecule is O=Cc1ccc2ccc(-c3ccc4ccc(C=O)cc4n3)nc2c1. The van der Waals surface area contributed by atoms with Crippen LogP contribution in [-0.2, 0) is 0 Å². The van der Waals surface area contributed by atoms with Crippen molar-refractivity contribution in [2.24, 2.45) is 0 Å². The maximum Gasteiger partial charge on any atom is 0.150 e. The molecule has 0 atom stereocenters. The van der Waals surface area contributed by atoms with Crippen LogP contribution in [0.4, 0.5) is 0 Å². The van der Waals surface area contributed by atoms with E-state index in [1.165, 1.54) is 0 Å². The average Bonchev–Trinajstić information content (AvgIpc) is 2.66. The molecule has 0 aliphatic carbocycles. The van der Waals surface area contributed by atoms with Crippen LogP contribution >= 0.6 is 0 Å². The highest BCUT2D eigenvalue weighted by Crippen LogP contribution is 2.23. The predicted molar refractivity (Wildman–Crippen MR) is 93.3 cm³/mol. The molecule has 0 amide bonds. The lowest BCUT2D eigenvalue weighted by Crippen LogP contribution is -1.91. The van der Waals surface area contributed by atoms with E-state index < -0.39 is 0 Å². The van der Waals surface area contributed by atoms with E-state index in [0.717, 1.165) is 45.8 Å². The molecule has 0 bridgehead atoms. The highest BCUT2D eigenvalue weighted by molar-refractivity contribution is 5.89. The first-order valence-electron chi connectivity index (χ1n) is 7.49. The van der Waals surface area contributed by atoms with Crippen LogP contribution in [0.3, 0.4) is 0 Å². The van der Waals surface area contributed by atoms with Crippen LogP contribution in [0.15, 0.2) is 60.7 Å². The third-order valence-electron chi connectivity index (χ3n) is 3.97. The summed E-state index contributed by atoms with van der Waals surface area (Å²) in [6, 6.07) is 18.5. The zero-order chi connectivity index (χ0) is 16.5. The van der Waals surface area contributed by atoms with Crippen molar-refractivity contribution >= 4 is 34.4 Å². The van der Waals surface area contributed by atoms with Gasteiger partial charge < -0.3 is 0 Å². The molecule has 2 aromatic carbocycles. The number of nitrogens with zero attached hydrogens (tertiary/aromatic N) is 2. The summed E-state index contributed by atoms with van der Waals surface area (Å²) in [6.07, 6.45) is 1.62. The van der Waals surface area contributed by atoms with E-state index in [0.29, 0.717) is 11.1 Å². The second kappa shape index (κ2) is 5.66. The van der Waals surface area contributed by atoms with Gasteiger partial charge >= 0.3 is 0 Å². The fourth-order valence-corrected chi connectivity index (χ4v) is 2.70. The predicted octanol–water partition coefficient (Wildman–Crippen LogP) is 4.08. The molecule has 0 saturated heterocycles. The molecule has 0 saturated carbocycles. The van der Waals surface area contributed by atoms with Crippen LogP contribution in [0, 0.1) is 0 Å². The first-order chi connectivity index (χ1) is 11.8. The van der Waals surface area contributed by atoms with Crippen LogP contribution in [0.5, 0.6) is 0 Å². The lowest BCUT2D eigenvalue weighted by atomic mass is 10.1. The highest BCUT2D eigenvalue weighted by Gasteiger charge is 2.06. The summed E-state index contributed by atoms with van der Waals surface area (Å²) in [5.41, 5.74) is 4.14. The Bertz CT molecular complexity index is 1010. The molecular formula is C20H12N2O2. The molecule has 0 fully saturated rings. The van der Waals surface area contributed by atoms with Gasteiger partial charge in [0.2, 0.25) is 0 Å². The van der Waals surface area contributed by atoms with Crippen LogP contribution < -0.4 is 0 Å². The molecule has 4 heteroatoms. The van der Waals surface area contributed by atoms with Crippen LogP contribution in [0.25, 0.3) is 33.2 Å². The number of hydrogen-bond acceptors (Lipinski definition) is 4. The maximum absolute atomic E-state index is 10.9. The zero-order valence-corrected chi connectivity index (χ0v) is 12.6. The summed E-state index contributed by atoms with van der Waals surface area (Å²) in [5.74, 6) is 0. The summed E-state index contributed by atoms with van der Waals surface area (Å²) in [5, 5.41) is 1.93. The average molecular weight is 312 g/mol. The van der Waals surface area contributed by atoms with Gasteiger partial charge in [0.1, 0.15) is 12.6 Å². The molecule has 0 N–H and O–H groups in total. The number of aldehydes is 2. The van der Waals surface area contributed by atoms with Crippen LogP contribution in [-0.4, -0.2) is 22.5 Å². The van der Waals surface area contributed by atoms with E-state index in [1.54, 1.807) is 24.3 Å². The minimum absolute atomic E-state index is 0.592. The van der Waals surface area contributed by atoms with Crippen molar-refractivity contribution in [2.45, 2.75) is 0 Å². The Morgan fingerprint density at radius 1 is 0.583 bits per heavy atom. The molecule has 24 heavy (non-hydrogen) atoms. The van der Waals surface area contributed by atoms with Crippen molar-refractivity contribution in [1.82, 2.24) is 9.97 Å². The lowest BCUT2D eigenvalue weighted by molar-refractivity contribution is 0.111. The van der Waals surface area contributed by atoms with E-state index in [1.807, 2.05) is 36.4 Å². The fraction of sp³-hybridized carbons (Fsp3) is 0. The molecule has 114 valence electrons. The monoisotopic (exact) mass is 312 g/mol. The number of aromatic nitrogens is 2. The number of carbonyl (C=O) groups is 2. The van der Waals surface area contributed by atoms with Gasteiger partial charge in [-0.05, 0) is 24.3 Å². The summed E-state index contributed by atoms with van der Waals surface area (Å²) in [4.78, 5) is 31.1. The Balaban J connectivity index is 1.87. The van der Waals surface area contributed by atoms with Crippen molar-refractivity contribution < 1.29 is 9.59 Å². The van der Waals surface area contributed by atoms with Crippen LogP contribution in [0.1, 0.15) is 20.7 Å². The fourth-order valence-electron chi connectivity index (χ4n) is 2.70.